The topological polar surface area (TPSA) is 63.8 Å². The summed E-state index contributed by atoms with van der Waals surface area (Å²) < 4.78 is 0. The van der Waals surface area contributed by atoms with E-state index in [1.54, 1.807) is 11.3 Å². The van der Waals surface area contributed by atoms with Crippen molar-refractivity contribution in [3.8, 4) is 0 Å². The van der Waals surface area contributed by atoms with E-state index in [0.29, 0.717) is 5.95 Å². The van der Waals surface area contributed by atoms with Crippen LogP contribution in [0.15, 0.2) is 41.8 Å². The van der Waals surface area contributed by atoms with E-state index >= 15 is 0 Å². The molecule has 0 aliphatic heterocycles. The Morgan fingerprint density at radius 3 is 2.84 bits per heavy atom. The van der Waals surface area contributed by atoms with Gasteiger partial charge in [-0.1, -0.05) is 18.2 Å². The second-order valence-electron chi connectivity index (χ2n) is 4.20. The fraction of sp³-hybridized carbons (Fsp3) is 0.143. The number of thiophene rings is 1. The SMILES string of the molecule is Nc1nc(NCCc2cccs2)c2ccccc2n1. The molecule has 0 fully saturated rings. The number of aromatic nitrogens is 2. The van der Waals surface area contributed by atoms with Crippen molar-refractivity contribution >= 4 is 34.0 Å². The molecule has 2 heterocycles. The van der Waals surface area contributed by atoms with Crippen LogP contribution in [0.25, 0.3) is 10.9 Å². The van der Waals surface area contributed by atoms with Crippen LogP contribution in [0.1, 0.15) is 4.88 Å². The van der Waals surface area contributed by atoms with E-state index in [-0.39, 0.29) is 0 Å². The maximum Gasteiger partial charge on any atom is 0.222 e. The van der Waals surface area contributed by atoms with Crippen molar-refractivity contribution in [3.63, 3.8) is 0 Å². The summed E-state index contributed by atoms with van der Waals surface area (Å²) in [6.07, 6.45) is 0.982. The fourth-order valence-electron chi connectivity index (χ4n) is 1.99. The molecule has 0 spiro atoms. The van der Waals surface area contributed by atoms with E-state index in [4.69, 9.17) is 5.73 Å². The lowest BCUT2D eigenvalue weighted by Crippen LogP contribution is -2.08. The van der Waals surface area contributed by atoms with Crippen LogP contribution in [-0.2, 0) is 6.42 Å². The van der Waals surface area contributed by atoms with Crippen molar-refractivity contribution in [1.82, 2.24) is 9.97 Å². The first-order chi connectivity index (χ1) is 9.33. The van der Waals surface area contributed by atoms with Crippen LogP contribution in [0.4, 0.5) is 11.8 Å². The number of nitrogens with two attached hydrogens (primary N) is 1. The Hall–Kier alpha value is -2.14. The minimum absolute atomic E-state index is 0.303. The molecule has 0 radical (unpaired) electrons. The molecule has 0 saturated heterocycles. The number of nitrogens with one attached hydrogen (secondary N) is 1. The van der Waals surface area contributed by atoms with Gasteiger partial charge in [-0.3, -0.25) is 0 Å². The van der Waals surface area contributed by atoms with Gasteiger partial charge < -0.3 is 11.1 Å². The van der Waals surface area contributed by atoms with Gasteiger partial charge in [-0.05, 0) is 30.0 Å². The molecule has 0 unspecified atom stereocenters. The van der Waals surface area contributed by atoms with Gasteiger partial charge in [-0.15, -0.1) is 11.3 Å². The van der Waals surface area contributed by atoms with Crippen molar-refractivity contribution in [1.29, 1.82) is 0 Å². The predicted octanol–water partition coefficient (Wildman–Crippen LogP) is 2.93. The number of hydrogen-bond acceptors (Lipinski definition) is 5. The molecule has 0 aliphatic rings. The van der Waals surface area contributed by atoms with Gasteiger partial charge in [0.05, 0.1) is 5.52 Å². The summed E-state index contributed by atoms with van der Waals surface area (Å²) in [7, 11) is 0. The van der Waals surface area contributed by atoms with Crippen molar-refractivity contribution < 1.29 is 0 Å². The minimum Gasteiger partial charge on any atom is -0.369 e. The molecule has 3 N–H and O–H groups in total. The zero-order valence-corrected chi connectivity index (χ0v) is 11.2. The van der Waals surface area contributed by atoms with Crippen LogP contribution in [0.5, 0.6) is 0 Å². The molecular formula is C14H14N4S. The Morgan fingerprint density at radius 1 is 1.11 bits per heavy atom. The summed E-state index contributed by atoms with van der Waals surface area (Å²) in [5.74, 6) is 1.11. The first kappa shape index (κ1) is 11.9. The monoisotopic (exact) mass is 270 g/mol. The standard InChI is InChI=1S/C14H14N4S/c15-14-17-12-6-2-1-5-11(12)13(18-14)16-8-7-10-4-3-9-19-10/h1-6,9H,7-8H2,(H3,15,16,17,18). The molecule has 96 valence electrons. The van der Waals surface area contributed by atoms with Crippen molar-refractivity contribution in [3.05, 3.63) is 46.7 Å². The molecule has 3 aromatic rings. The van der Waals surface area contributed by atoms with Gasteiger partial charge in [0, 0.05) is 16.8 Å². The summed E-state index contributed by atoms with van der Waals surface area (Å²) in [6, 6.07) is 12.1. The average molecular weight is 270 g/mol. The number of nitrogen functional groups attached to an aromatic ring is 1. The molecule has 0 amide bonds. The zero-order chi connectivity index (χ0) is 13.1. The number of hydrogen-bond donors (Lipinski definition) is 2. The molecule has 5 heteroatoms. The summed E-state index contributed by atoms with van der Waals surface area (Å²) in [5, 5.41) is 6.44. The van der Waals surface area contributed by atoms with E-state index in [9.17, 15) is 0 Å². The zero-order valence-electron chi connectivity index (χ0n) is 10.3. The Morgan fingerprint density at radius 2 is 2.00 bits per heavy atom. The molecule has 0 atom stereocenters. The van der Waals surface area contributed by atoms with Crippen LogP contribution in [0, 0.1) is 0 Å². The predicted molar refractivity (Wildman–Crippen MR) is 80.5 cm³/mol. The Bertz CT molecular complexity index is 679. The minimum atomic E-state index is 0.303. The lowest BCUT2D eigenvalue weighted by atomic mass is 10.2. The molecule has 4 nitrogen and oxygen atoms in total. The second kappa shape index (κ2) is 5.24. The summed E-state index contributed by atoms with van der Waals surface area (Å²) in [5.41, 5.74) is 6.60. The third kappa shape index (κ3) is 2.66. The Kier molecular flexibility index (Phi) is 3.29. The van der Waals surface area contributed by atoms with E-state index < -0.39 is 0 Å². The number of benzene rings is 1. The highest BCUT2D eigenvalue weighted by Gasteiger charge is 2.05. The Labute approximate surface area is 115 Å². The molecule has 0 bridgehead atoms. The van der Waals surface area contributed by atoms with Crippen molar-refractivity contribution in [2.45, 2.75) is 6.42 Å². The highest BCUT2D eigenvalue weighted by molar-refractivity contribution is 7.09. The number of para-hydroxylation sites is 1. The second-order valence-corrected chi connectivity index (χ2v) is 5.24. The largest absolute Gasteiger partial charge is 0.369 e. The average Bonchev–Trinajstić information content (AvgIpc) is 2.91. The molecule has 0 saturated carbocycles. The summed E-state index contributed by atoms with van der Waals surface area (Å²) >= 11 is 1.77. The van der Waals surface area contributed by atoms with Gasteiger partial charge >= 0.3 is 0 Å². The molecule has 1 aromatic carbocycles. The van der Waals surface area contributed by atoms with Gasteiger partial charge in [-0.25, -0.2) is 4.98 Å². The molecule has 19 heavy (non-hydrogen) atoms. The third-order valence-corrected chi connectivity index (χ3v) is 3.80. The lowest BCUT2D eigenvalue weighted by Gasteiger charge is -2.08. The third-order valence-electron chi connectivity index (χ3n) is 2.86. The van der Waals surface area contributed by atoms with Gasteiger partial charge in [0.15, 0.2) is 0 Å². The normalized spacial score (nSPS) is 10.7. The quantitative estimate of drug-likeness (QED) is 0.765. The van der Waals surface area contributed by atoms with Crippen LogP contribution < -0.4 is 11.1 Å². The van der Waals surface area contributed by atoms with E-state index in [1.165, 1.54) is 4.88 Å². The highest BCUT2D eigenvalue weighted by atomic mass is 32.1. The summed E-state index contributed by atoms with van der Waals surface area (Å²) in [4.78, 5) is 9.86. The maximum absolute atomic E-state index is 5.73. The summed E-state index contributed by atoms with van der Waals surface area (Å²) in [6.45, 7) is 0.834. The number of anilines is 2. The van der Waals surface area contributed by atoms with Crippen LogP contribution in [-0.4, -0.2) is 16.5 Å². The lowest BCUT2D eigenvalue weighted by molar-refractivity contribution is 1.03. The van der Waals surface area contributed by atoms with Crippen molar-refractivity contribution in [2.24, 2.45) is 0 Å². The van der Waals surface area contributed by atoms with E-state index in [2.05, 4.69) is 32.8 Å². The van der Waals surface area contributed by atoms with Gasteiger partial charge in [0.2, 0.25) is 5.95 Å². The van der Waals surface area contributed by atoms with Gasteiger partial charge in [0.25, 0.3) is 0 Å². The van der Waals surface area contributed by atoms with Crippen LogP contribution >= 0.6 is 11.3 Å². The molecule has 2 aromatic heterocycles. The van der Waals surface area contributed by atoms with E-state index in [1.807, 2.05) is 24.3 Å². The molecular weight excluding hydrogens is 256 g/mol. The van der Waals surface area contributed by atoms with Crippen LogP contribution in [0.2, 0.25) is 0 Å². The van der Waals surface area contributed by atoms with Crippen LogP contribution in [0.3, 0.4) is 0 Å². The number of rotatable bonds is 4. The Balaban J connectivity index is 1.80. The molecule has 3 rings (SSSR count). The maximum atomic E-state index is 5.73. The van der Waals surface area contributed by atoms with Gasteiger partial charge in [-0.2, -0.15) is 4.98 Å². The van der Waals surface area contributed by atoms with E-state index in [0.717, 1.165) is 29.7 Å². The van der Waals surface area contributed by atoms with Crippen molar-refractivity contribution in [2.75, 3.05) is 17.6 Å². The molecule has 0 aliphatic carbocycles. The van der Waals surface area contributed by atoms with Gasteiger partial charge in [0.1, 0.15) is 5.82 Å². The number of fused-ring (bicyclic) bond motifs is 1. The highest BCUT2D eigenvalue weighted by Crippen LogP contribution is 2.20. The smallest absolute Gasteiger partial charge is 0.222 e. The fourth-order valence-corrected chi connectivity index (χ4v) is 2.70. The first-order valence-electron chi connectivity index (χ1n) is 6.11. The first-order valence-corrected chi connectivity index (χ1v) is 6.99. The number of nitrogens with zero attached hydrogens (tertiary/aromatic N) is 2.